The van der Waals surface area contributed by atoms with Gasteiger partial charge in [-0.25, -0.2) is 0 Å². The Morgan fingerprint density at radius 3 is 2.57 bits per heavy atom. The van der Waals surface area contributed by atoms with Gasteiger partial charge in [0.1, 0.15) is 0 Å². The Balaban J connectivity index is 1.98. The van der Waals surface area contributed by atoms with Gasteiger partial charge in [-0.2, -0.15) is 0 Å². The Hall–Kier alpha value is -1.49. The van der Waals surface area contributed by atoms with E-state index in [1.54, 1.807) is 16.7 Å². The molecule has 5 heteroatoms. The van der Waals surface area contributed by atoms with Crippen LogP contribution in [0.5, 0.6) is 0 Å². The fourth-order valence-corrected chi connectivity index (χ4v) is 6.00. The van der Waals surface area contributed by atoms with Crippen LogP contribution >= 0.6 is 11.8 Å². The topological polar surface area (TPSA) is 40.6 Å². The zero-order valence-corrected chi connectivity index (χ0v) is 19.2. The number of hydrogen-bond donors (Lipinski definition) is 0. The zero-order valence-electron chi connectivity index (χ0n) is 18.3. The first-order valence-corrected chi connectivity index (χ1v) is 11.3. The number of nitrogens with zero attached hydrogens (tertiary/aromatic N) is 2. The van der Waals surface area contributed by atoms with E-state index in [-0.39, 0.29) is 17.9 Å². The summed E-state index contributed by atoms with van der Waals surface area (Å²) in [5.41, 5.74) is 2.57. The van der Waals surface area contributed by atoms with Gasteiger partial charge in [0, 0.05) is 29.6 Å². The molecule has 2 unspecified atom stereocenters. The van der Waals surface area contributed by atoms with Crippen molar-refractivity contribution in [1.29, 1.82) is 0 Å². The van der Waals surface area contributed by atoms with E-state index in [9.17, 15) is 9.59 Å². The SMILES string of the molecule is Cc1cc2c(cc1C(=O)N(C(C)C)C1CCCC(C)C1)N(C)C(=O)C(C)(C)S2. The molecule has 28 heavy (non-hydrogen) atoms. The number of rotatable bonds is 3. The van der Waals surface area contributed by atoms with Crippen LogP contribution < -0.4 is 4.90 Å². The summed E-state index contributed by atoms with van der Waals surface area (Å²) in [7, 11) is 1.81. The van der Waals surface area contributed by atoms with Gasteiger partial charge in [0.05, 0.1) is 10.4 Å². The first kappa shape index (κ1) is 21.2. The lowest BCUT2D eigenvalue weighted by molar-refractivity contribution is -0.120. The van der Waals surface area contributed by atoms with E-state index in [4.69, 9.17) is 0 Å². The average Bonchev–Trinajstić information content (AvgIpc) is 2.59. The maximum absolute atomic E-state index is 13.6. The Labute approximate surface area is 174 Å². The van der Waals surface area contributed by atoms with Crippen LogP contribution in [-0.4, -0.2) is 40.6 Å². The van der Waals surface area contributed by atoms with Crippen LogP contribution in [0.3, 0.4) is 0 Å². The molecule has 154 valence electrons. The molecule has 0 aromatic heterocycles. The number of benzene rings is 1. The van der Waals surface area contributed by atoms with Crippen molar-refractivity contribution in [2.75, 3.05) is 11.9 Å². The third kappa shape index (κ3) is 3.83. The largest absolute Gasteiger partial charge is 0.333 e. The number of thioether (sulfide) groups is 1. The monoisotopic (exact) mass is 402 g/mol. The molecule has 1 aromatic rings. The summed E-state index contributed by atoms with van der Waals surface area (Å²) in [4.78, 5) is 31.2. The van der Waals surface area contributed by atoms with Crippen LogP contribution in [0, 0.1) is 12.8 Å². The van der Waals surface area contributed by atoms with Crippen molar-refractivity contribution in [3.8, 4) is 0 Å². The fraction of sp³-hybridized carbons (Fsp3) is 0.652. The Bertz CT molecular complexity index is 787. The summed E-state index contributed by atoms with van der Waals surface area (Å²) in [6, 6.07) is 4.49. The van der Waals surface area contributed by atoms with E-state index in [2.05, 4.69) is 31.7 Å². The summed E-state index contributed by atoms with van der Waals surface area (Å²) in [5.74, 6) is 0.846. The third-order valence-electron chi connectivity index (χ3n) is 6.18. The molecular weight excluding hydrogens is 368 g/mol. The number of amides is 2. The van der Waals surface area contributed by atoms with Crippen LogP contribution in [0.1, 0.15) is 76.2 Å². The van der Waals surface area contributed by atoms with Crippen molar-refractivity contribution < 1.29 is 9.59 Å². The van der Waals surface area contributed by atoms with Gasteiger partial charge < -0.3 is 9.80 Å². The summed E-state index contributed by atoms with van der Waals surface area (Å²) >= 11 is 1.59. The highest BCUT2D eigenvalue weighted by Gasteiger charge is 2.39. The summed E-state index contributed by atoms with van der Waals surface area (Å²) in [5, 5.41) is 0. The lowest BCUT2D eigenvalue weighted by atomic mass is 9.85. The predicted octanol–water partition coefficient (Wildman–Crippen LogP) is 5.27. The van der Waals surface area contributed by atoms with Gasteiger partial charge in [-0.1, -0.05) is 19.8 Å². The standard InChI is InChI=1S/C23H34N2O2S/c1-14(2)25(17-10-8-9-15(3)11-17)21(26)18-13-19-20(12-16(18)4)28-23(5,6)22(27)24(19)7/h12-15,17H,8-11H2,1-7H3. The molecule has 2 atom stereocenters. The van der Waals surface area contributed by atoms with Gasteiger partial charge >= 0.3 is 0 Å². The first-order valence-electron chi connectivity index (χ1n) is 10.5. The molecule has 0 bridgehead atoms. The molecule has 4 nitrogen and oxygen atoms in total. The van der Waals surface area contributed by atoms with Crippen LogP contribution in [0.15, 0.2) is 17.0 Å². The van der Waals surface area contributed by atoms with Gasteiger partial charge in [-0.3, -0.25) is 9.59 Å². The minimum absolute atomic E-state index is 0.0778. The van der Waals surface area contributed by atoms with Crippen molar-refractivity contribution in [1.82, 2.24) is 4.90 Å². The van der Waals surface area contributed by atoms with Crippen molar-refractivity contribution in [2.45, 2.75) is 89.0 Å². The van der Waals surface area contributed by atoms with Gasteiger partial charge in [0.2, 0.25) is 5.91 Å². The lowest BCUT2D eigenvalue weighted by Gasteiger charge is -2.40. The average molecular weight is 403 g/mol. The molecule has 1 aromatic carbocycles. The first-order chi connectivity index (χ1) is 13.0. The van der Waals surface area contributed by atoms with E-state index in [0.29, 0.717) is 12.0 Å². The quantitative estimate of drug-likeness (QED) is 0.691. The number of fused-ring (bicyclic) bond motifs is 1. The molecule has 0 spiro atoms. The van der Waals surface area contributed by atoms with Crippen molar-refractivity contribution >= 4 is 29.3 Å². The lowest BCUT2D eigenvalue weighted by Crippen LogP contribution is -2.47. The number of carbonyl (C=O) groups is 2. The molecule has 3 rings (SSSR count). The fourth-order valence-electron chi connectivity index (χ4n) is 4.69. The molecule has 2 amide bonds. The van der Waals surface area contributed by atoms with Crippen LogP contribution in [0.2, 0.25) is 0 Å². The molecule has 0 saturated heterocycles. The molecule has 1 aliphatic carbocycles. The molecule has 1 saturated carbocycles. The van der Waals surface area contributed by atoms with Crippen LogP contribution in [-0.2, 0) is 4.79 Å². The predicted molar refractivity (Wildman–Crippen MR) is 117 cm³/mol. The molecule has 1 heterocycles. The van der Waals surface area contributed by atoms with E-state index < -0.39 is 4.75 Å². The van der Waals surface area contributed by atoms with Crippen LogP contribution in [0.25, 0.3) is 0 Å². The normalized spacial score (nSPS) is 24.3. The van der Waals surface area contributed by atoms with E-state index in [0.717, 1.165) is 34.6 Å². The van der Waals surface area contributed by atoms with Gasteiger partial charge in [0.25, 0.3) is 5.91 Å². The van der Waals surface area contributed by atoms with E-state index in [1.807, 2.05) is 33.9 Å². The second kappa shape index (κ2) is 7.74. The van der Waals surface area contributed by atoms with E-state index in [1.165, 1.54) is 12.8 Å². The number of hydrogen-bond acceptors (Lipinski definition) is 3. The number of aryl methyl sites for hydroxylation is 1. The molecule has 0 radical (unpaired) electrons. The summed E-state index contributed by atoms with van der Waals surface area (Å²) in [6.07, 6.45) is 4.61. The molecule has 2 aliphatic rings. The minimum Gasteiger partial charge on any atom is -0.333 e. The van der Waals surface area contributed by atoms with Crippen molar-refractivity contribution in [3.63, 3.8) is 0 Å². The highest BCUT2D eigenvalue weighted by molar-refractivity contribution is 8.01. The summed E-state index contributed by atoms with van der Waals surface area (Å²) < 4.78 is -0.484. The summed E-state index contributed by atoms with van der Waals surface area (Å²) in [6.45, 7) is 12.4. The molecular formula is C23H34N2O2S. The second-order valence-corrected chi connectivity index (χ2v) is 11.0. The van der Waals surface area contributed by atoms with Gasteiger partial charge in [-0.15, -0.1) is 11.8 Å². The smallest absolute Gasteiger partial charge is 0.254 e. The highest BCUT2D eigenvalue weighted by Crippen LogP contribution is 2.45. The van der Waals surface area contributed by atoms with Gasteiger partial charge in [-0.05, 0) is 71.1 Å². The number of anilines is 1. The third-order valence-corrected chi connectivity index (χ3v) is 7.41. The van der Waals surface area contributed by atoms with Gasteiger partial charge in [0.15, 0.2) is 0 Å². The maximum atomic E-state index is 13.6. The molecule has 1 aliphatic heterocycles. The Morgan fingerprint density at radius 1 is 1.29 bits per heavy atom. The minimum atomic E-state index is -0.484. The molecule has 0 N–H and O–H groups in total. The van der Waals surface area contributed by atoms with E-state index >= 15 is 0 Å². The van der Waals surface area contributed by atoms with Crippen molar-refractivity contribution in [3.05, 3.63) is 23.3 Å². The zero-order chi connectivity index (χ0) is 20.8. The second-order valence-electron chi connectivity index (χ2n) is 9.34. The Kier molecular flexibility index (Phi) is 5.86. The highest BCUT2D eigenvalue weighted by atomic mass is 32.2. The maximum Gasteiger partial charge on any atom is 0.254 e. The Morgan fingerprint density at radius 2 is 1.96 bits per heavy atom. The number of carbonyl (C=O) groups excluding carboxylic acids is 2. The van der Waals surface area contributed by atoms with Crippen molar-refractivity contribution in [2.24, 2.45) is 5.92 Å². The molecule has 1 fully saturated rings. The van der Waals surface area contributed by atoms with Crippen LogP contribution in [0.4, 0.5) is 5.69 Å².